The third kappa shape index (κ3) is 1.28. The molecule has 0 atom stereocenters. The van der Waals surface area contributed by atoms with Gasteiger partial charge in [-0.1, -0.05) is 0 Å². The molecule has 0 unspecified atom stereocenters. The van der Waals surface area contributed by atoms with Gasteiger partial charge in [0.25, 0.3) is 5.91 Å². The van der Waals surface area contributed by atoms with Crippen molar-refractivity contribution in [1.29, 1.82) is 0 Å². The van der Waals surface area contributed by atoms with Gasteiger partial charge in [-0.2, -0.15) is 0 Å². The summed E-state index contributed by atoms with van der Waals surface area (Å²) in [6.07, 6.45) is 3.36. The van der Waals surface area contributed by atoms with Crippen molar-refractivity contribution in [2.24, 2.45) is 0 Å². The molecule has 0 aliphatic heterocycles. The summed E-state index contributed by atoms with van der Waals surface area (Å²) in [6, 6.07) is 3.51. The van der Waals surface area contributed by atoms with Crippen molar-refractivity contribution < 1.29 is 4.79 Å². The topological polar surface area (TPSA) is 72.4 Å². The van der Waals surface area contributed by atoms with E-state index in [1.165, 1.54) is 0 Å². The molecule has 0 aliphatic rings. The van der Waals surface area contributed by atoms with E-state index in [0.717, 1.165) is 0 Å². The summed E-state index contributed by atoms with van der Waals surface area (Å²) < 4.78 is 1.72. The Morgan fingerprint density at radius 3 is 3.00 bits per heavy atom. The molecule has 2 rings (SSSR count). The molecule has 14 heavy (non-hydrogen) atoms. The van der Waals surface area contributed by atoms with Crippen LogP contribution in [0.5, 0.6) is 0 Å². The number of nitrogens with one attached hydrogen (secondary N) is 1. The number of carbonyl (C=O) groups is 1. The fourth-order valence-corrected chi connectivity index (χ4v) is 1.25. The van der Waals surface area contributed by atoms with Crippen molar-refractivity contribution in [2.75, 3.05) is 12.8 Å². The number of nitrogens with two attached hydrogens (primary N) is 1. The summed E-state index contributed by atoms with van der Waals surface area (Å²) >= 11 is 0. The predicted molar refractivity (Wildman–Crippen MR) is 53.0 cm³/mol. The normalized spacial score (nSPS) is 10.4. The Morgan fingerprint density at radius 2 is 2.29 bits per heavy atom. The van der Waals surface area contributed by atoms with Gasteiger partial charge < -0.3 is 15.5 Å². The standard InChI is InChI=1S/C9H10N4O/c1-11-9(14)7-5-13-4-6(10)2-3-8(13)12-7/h2-5H,10H2,1H3,(H,11,14). The number of pyridine rings is 1. The Balaban J connectivity index is 2.56. The summed E-state index contributed by atoms with van der Waals surface area (Å²) in [5.41, 5.74) is 7.32. The molecule has 0 fully saturated rings. The Kier molecular flexibility index (Phi) is 1.85. The first-order chi connectivity index (χ1) is 6.70. The van der Waals surface area contributed by atoms with E-state index >= 15 is 0 Å². The highest BCUT2D eigenvalue weighted by Crippen LogP contribution is 2.08. The summed E-state index contributed by atoms with van der Waals surface area (Å²) in [5.74, 6) is -0.202. The Hall–Kier alpha value is -2.04. The number of anilines is 1. The van der Waals surface area contributed by atoms with Gasteiger partial charge in [-0.15, -0.1) is 0 Å². The van der Waals surface area contributed by atoms with Gasteiger partial charge in [0.05, 0.1) is 0 Å². The van der Waals surface area contributed by atoms with Gasteiger partial charge in [0.15, 0.2) is 0 Å². The summed E-state index contributed by atoms with van der Waals surface area (Å²) in [7, 11) is 1.57. The van der Waals surface area contributed by atoms with E-state index in [1.54, 1.807) is 36.0 Å². The zero-order valence-electron chi connectivity index (χ0n) is 7.69. The van der Waals surface area contributed by atoms with E-state index in [9.17, 15) is 4.79 Å². The van der Waals surface area contributed by atoms with E-state index < -0.39 is 0 Å². The molecule has 2 aromatic heterocycles. The van der Waals surface area contributed by atoms with Crippen molar-refractivity contribution in [2.45, 2.75) is 0 Å². The lowest BCUT2D eigenvalue weighted by Crippen LogP contribution is -2.17. The minimum Gasteiger partial charge on any atom is -0.398 e. The van der Waals surface area contributed by atoms with E-state index in [4.69, 9.17) is 5.73 Å². The van der Waals surface area contributed by atoms with Gasteiger partial charge in [-0.05, 0) is 12.1 Å². The molecular weight excluding hydrogens is 180 g/mol. The minimum atomic E-state index is -0.202. The molecule has 5 nitrogen and oxygen atoms in total. The highest BCUT2D eigenvalue weighted by Gasteiger charge is 2.07. The first kappa shape index (κ1) is 8.55. The number of nitrogen functional groups attached to an aromatic ring is 1. The number of rotatable bonds is 1. The molecule has 2 aromatic rings. The van der Waals surface area contributed by atoms with Gasteiger partial charge in [-0.25, -0.2) is 4.98 Å². The van der Waals surface area contributed by atoms with E-state index in [2.05, 4.69) is 10.3 Å². The summed E-state index contributed by atoms with van der Waals surface area (Å²) in [6.45, 7) is 0. The van der Waals surface area contributed by atoms with Crippen LogP contribution in [0.4, 0.5) is 5.69 Å². The van der Waals surface area contributed by atoms with Crippen molar-refractivity contribution >= 4 is 17.2 Å². The molecule has 1 amide bonds. The second kappa shape index (κ2) is 3.02. The van der Waals surface area contributed by atoms with Gasteiger partial charge in [0.1, 0.15) is 11.3 Å². The largest absolute Gasteiger partial charge is 0.398 e. The predicted octanol–water partition coefficient (Wildman–Crippen LogP) is 0.276. The summed E-state index contributed by atoms with van der Waals surface area (Å²) in [5, 5.41) is 2.51. The molecule has 0 aromatic carbocycles. The second-order valence-electron chi connectivity index (χ2n) is 2.93. The smallest absolute Gasteiger partial charge is 0.271 e. The molecule has 0 radical (unpaired) electrons. The molecule has 0 saturated carbocycles. The maximum atomic E-state index is 11.2. The van der Waals surface area contributed by atoms with E-state index in [-0.39, 0.29) is 5.91 Å². The van der Waals surface area contributed by atoms with Crippen LogP contribution >= 0.6 is 0 Å². The quantitative estimate of drug-likeness (QED) is 0.678. The van der Waals surface area contributed by atoms with Crippen LogP contribution in [0, 0.1) is 0 Å². The lowest BCUT2D eigenvalue weighted by Gasteiger charge is -1.93. The fourth-order valence-electron chi connectivity index (χ4n) is 1.25. The number of amides is 1. The first-order valence-corrected chi connectivity index (χ1v) is 4.17. The Bertz CT molecular complexity index is 489. The highest BCUT2D eigenvalue weighted by molar-refractivity contribution is 5.92. The summed E-state index contributed by atoms with van der Waals surface area (Å²) in [4.78, 5) is 15.4. The zero-order valence-corrected chi connectivity index (χ0v) is 7.69. The van der Waals surface area contributed by atoms with Crippen molar-refractivity contribution in [3.63, 3.8) is 0 Å². The van der Waals surface area contributed by atoms with Crippen molar-refractivity contribution in [3.8, 4) is 0 Å². The number of nitrogens with zero attached hydrogens (tertiary/aromatic N) is 2. The van der Waals surface area contributed by atoms with Crippen molar-refractivity contribution in [3.05, 3.63) is 30.2 Å². The third-order valence-corrected chi connectivity index (χ3v) is 1.93. The molecule has 0 spiro atoms. The SMILES string of the molecule is CNC(=O)c1cn2cc(N)ccc2n1. The second-order valence-corrected chi connectivity index (χ2v) is 2.93. The van der Waals surface area contributed by atoms with Crippen LogP contribution in [0.1, 0.15) is 10.5 Å². The Labute approximate surface area is 80.6 Å². The van der Waals surface area contributed by atoms with Crippen LogP contribution in [-0.4, -0.2) is 22.3 Å². The van der Waals surface area contributed by atoms with Gasteiger partial charge in [0.2, 0.25) is 0 Å². The third-order valence-electron chi connectivity index (χ3n) is 1.93. The van der Waals surface area contributed by atoms with E-state index in [0.29, 0.717) is 17.0 Å². The average molecular weight is 190 g/mol. The van der Waals surface area contributed by atoms with Crippen LogP contribution in [0.2, 0.25) is 0 Å². The van der Waals surface area contributed by atoms with Gasteiger partial charge in [-0.3, -0.25) is 4.79 Å². The number of aromatic nitrogens is 2. The van der Waals surface area contributed by atoms with E-state index in [1.807, 2.05) is 0 Å². The fraction of sp³-hybridized carbons (Fsp3) is 0.111. The molecule has 0 aliphatic carbocycles. The maximum Gasteiger partial charge on any atom is 0.271 e. The average Bonchev–Trinajstić information content (AvgIpc) is 2.59. The molecule has 0 bridgehead atoms. The number of hydrogen-bond donors (Lipinski definition) is 2. The minimum absolute atomic E-state index is 0.202. The lowest BCUT2D eigenvalue weighted by molar-refractivity contribution is 0.0959. The van der Waals surface area contributed by atoms with Gasteiger partial charge >= 0.3 is 0 Å². The van der Waals surface area contributed by atoms with Crippen LogP contribution < -0.4 is 11.1 Å². The number of imidazole rings is 1. The van der Waals surface area contributed by atoms with Crippen LogP contribution in [-0.2, 0) is 0 Å². The molecule has 2 heterocycles. The van der Waals surface area contributed by atoms with Crippen LogP contribution in [0.25, 0.3) is 5.65 Å². The lowest BCUT2D eigenvalue weighted by atomic mass is 10.4. The molecule has 3 N–H and O–H groups in total. The number of carbonyl (C=O) groups excluding carboxylic acids is 1. The first-order valence-electron chi connectivity index (χ1n) is 4.17. The highest BCUT2D eigenvalue weighted by atomic mass is 16.1. The molecular formula is C9H10N4O. The Morgan fingerprint density at radius 1 is 1.50 bits per heavy atom. The molecule has 0 saturated heterocycles. The number of hydrogen-bond acceptors (Lipinski definition) is 3. The zero-order chi connectivity index (χ0) is 10.1. The van der Waals surface area contributed by atoms with Gasteiger partial charge in [0, 0.05) is 25.1 Å². The van der Waals surface area contributed by atoms with Crippen molar-refractivity contribution in [1.82, 2.24) is 14.7 Å². The number of fused-ring (bicyclic) bond motifs is 1. The molecule has 72 valence electrons. The maximum absolute atomic E-state index is 11.2. The molecule has 5 heteroatoms. The van der Waals surface area contributed by atoms with Crippen LogP contribution in [0.15, 0.2) is 24.5 Å². The van der Waals surface area contributed by atoms with Crippen LogP contribution in [0.3, 0.4) is 0 Å². The monoisotopic (exact) mass is 190 g/mol.